The molecule has 0 aliphatic carbocycles. The van der Waals surface area contributed by atoms with Crippen LogP contribution in [0.1, 0.15) is 24.2 Å². The molecule has 3 rings (SSSR count). The molecule has 0 spiro atoms. The highest BCUT2D eigenvalue weighted by atomic mass is 35.5. The van der Waals surface area contributed by atoms with Crippen LogP contribution in [0.4, 0.5) is 0 Å². The fraction of sp³-hybridized carbons (Fsp3) is 0.412. The van der Waals surface area contributed by atoms with Crippen LogP contribution in [0.2, 0.25) is 5.02 Å². The van der Waals surface area contributed by atoms with Crippen LogP contribution in [0.25, 0.3) is 0 Å². The van der Waals surface area contributed by atoms with E-state index in [1.807, 2.05) is 24.3 Å². The summed E-state index contributed by atoms with van der Waals surface area (Å²) in [6.45, 7) is 3.29. The van der Waals surface area contributed by atoms with E-state index in [4.69, 9.17) is 20.8 Å². The number of hydrogen-bond donors (Lipinski definition) is 1. The predicted molar refractivity (Wildman–Crippen MR) is 83.6 cm³/mol. The molecule has 0 saturated carbocycles. The van der Waals surface area contributed by atoms with Crippen molar-refractivity contribution >= 4 is 11.6 Å². The molecule has 2 heterocycles. The van der Waals surface area contributed by atoms with E-state index in [9.17, 15) is 0 Å². The summed E-state index contributed by atoms with van der Waals surface area (Å²) in [6, 6.07) is 12.1. The summed E-state index contributed by atoms with van der Waals surface area (Å²) in [5.74, 6) is 0.966. The summed E-state index contributed by atoms with van der Waals surface area (Å²) >= 11 is 6.02. The highest BCUT2D eigenvalue weighted by Gasteiger charge is 2.34. The maximum absolute atomic E-state index is 6.02. The predicted octanol–water partition coefficient (Wildman–Crippen LogP) is 3.77. The second-order valence-corrected chi connectivity index (χ2v) is 6.02. The Hall–Kier alpha value is -1.29. The Kier molecular flexibility index (Phi) is 4.63. The molecule has 1 aliphatic rings. The van der Waals surface area contributed by atoms with E-state index >= 15 is 0 Å². The molecule has 0 amide bonds. The third-order valence-electron chi connectivity index (χ3n) is 4.25. The number of benzene rings is 1. The molecule has 0 radical (unpaired) electrons. The van der Waals surface area contributed by atoms with Crippen LogP contribution in [-0.2, 0) is 16.7 Å². The van der Waals surface area contributed by atoms with E-state index in [1.165, 1.54) is 5.56 Å². The molecule has 4 heteroatoms. The first kappa shape index (κ1) is 14.6. The third-order valence-corrected chi connectivity index (χ3v) is 4.50. The zero-order valence-electron chi connectivity index (χ0n) is 12.0. The van der Waals surface area contributed by atoms with Crippen LogP contribution in [0.15, 0.2) is 47.1 Å². The van der Waals surface area contributed by atoms with Crippen LogP contribution in [0, 0.1) is 0 Å². The van der Waals surface area contributed by atoms with Gasteiger partial charge < -0.3 is 14.5 Å². The average molecular weight is 306 g/mol. The first-order chi connectivity index (χ1) is 10.3. The van der Waals surface area contributed by atoms with Crippen molar-refractivity contribution in [3.8, 4) is 0 Å². The Bertz CT molecular complexity index is 545. The first-order valence-corrected chi connectivity index (χ1v) is 7.73. The van der Waals surface area contributed by atoms with E-state index in [0.29, 0.717) is 0 Å². The van der Waals surface area contributed by atoms with Gasteiger partial charge in [0.15, 0.2) is 0 Å². The Morgan fingerprint density at radius 2 is 1.86 bits per heavy atom. The van der Waals surface area contributed by atoms with E-state index in [-0.39, 0.29) is 5.41 Å². The number of nitrogens with one attached hydrogen (secondary N) is 1. The van der Waals surface area contributed by atoms with Gasteiger partial charge in [-0.3, -0.25) is 0 Å². The Morgan fingerprint density at radius 1 is 1.10 bits per heavy atom. The normalized spacial score (nSPS) is 17.8. The molecule has 3 nitrogen and oxygen atoms in total. The van der Waals surface area contributed by atoms with Crippen molar-refractivity contribution in [3.05, 3.63) is 59.0 Å². The molecule has 1 saturated heterocycles. The minimum absolute atomic E-state index is 0.120. The van der Waals surface area contributed by atoms with Gasteiger partial charge in [-0.25, -0.2) is 0 Å². The fourth-order valence-electron chi connectivity index (χ4n) is 2.97. The Balaban J connectivity index is 1.71. The molecule has 0 unspecified atom stereocenters. The second kappa shape index (κ2) is 6.65. The minimum atomic E-state index is 0.120. The van der Waals surface area contributed by atoms with Crippen molar-refractivity contribution < 1.29 is 9.15 Å². The average Bonchev–Trinajstić information content (AvgIpc) is 3.02. The lowest BCUT2D eigenvalue weighted by Gasteiger charge is -2.38. The lowest BCUT2D eigenvalue weighted by atomic mass is 9.74. The fourth-order valence-corrected chi connectivity index (χ4v) is 3.10. The van der Waals surface area contributed by atoms with Crippen LogP contribution >= 0.6 is 11.6 Å². The van der Waals surface area contributed by atoms with Crippen LogP contribution < -0.4 is 5.32 Å². The lowest BCUT2D eigenvalue weighted by molar-refractivity contribution is 0.0496. The van der Waals surface area contributed by atoms with E-state index in [0.717, 1.165) is 49.9 Å². The maximum Gasteiger partial charge on any atom is 0.117 e. The van der Waals surface area contributed by atoms with Crippen LogP contribution in [0.3, 0.4) is 0 Å². The summed E-state index contributed by atoms with van der Waals surface area (Å²) < 4.78 is 10.9. The topological polar surface area (TPSA) is 34.4 Å². The summed E-state index contributed by atoms with van der Waals surface area (Å²) in [5.41, 5.74) is 1.46. The van der Waals surface area contributed by atoms with E-state index < -0.39 is 0 Å². The molecule has 0 atom stereocenters. The molecule has 1 N–H and O–H groups in total. The zero-order chi connectivity index (χ0) is 14.5. The molecule has 1 aliphatic heterocycles. The number of halogens is 1. The highest BCUT2D eigenvalue weighted by Crippen LogP contribution is 2.35. The zero-order valence-corrected chi connectivity index (χ0v) is 12.7. The Morgan fingerprint density at radius 3 is 2.52 bits per heavy atom. The largest absolute Gasteiger partial charge is 0.468 e. The number of rotatable bonds is 5. The van der Waals surface area contributed by atoms with Crippen molar-refractivity contribution in [1.82, 2.24) is 5.32 Å². The summed E-state index contributed by atoms with van der Waals surface area (Å²) in [5, 5.41) is 4.31. The molecule has 2 aromatic rings. The smallest absolute Gasteiger partial charge is 0.117 e. The molecular formula is C17H20ClNO2. The molecule has 1 fully saturated rings. The quantitative estimate of drug-likeness (QED) is 0.913. The van der Waals surface area contributed by atoms with Gasteiger partial charge in [0.25, 0.3) is 0 Å². The van der Waals surface area contributed by atoms with Gasteiger partial charge in [0, 0.05) is 30.2 Å². The maximum atomic E-state index is 6.02. The third kappa shape index (κ3) is 3.49. The van der Waals surface area contributed by atoms with Gasteiger partial charge in [-0.05, 0) is 42.7 Å². The minimum Gasteiger partial charge on any atom is -0.468 e. The van der Waals surface area contributed by atoms with Gasteiger partial charge in [0.05, 0.1) is 12.8 Å². The van der Waals surface area contributed by atoms with Gasteiger partial charge in [-0.1, -0.05) is 23.7 Å². The van der Waals surface area contributed by atoms with Gasteiger partial charge >= 0.3 is 0 Å². The number of hydrogen-bond acceptors (Lipinski definition) is 3. The molecule has 0 bridgehead atoms. The highest BCUT2D eigenvalue weighted by molar-refractivity contribution is 6.30. The first-order valence-electron chi connectivity index (χ1n) is 7.35. The second-order valence-electron chi connectivity index (χ2n) is 5.58. The molecule has 21 heavy (non-hydrogen) atoms. The SMILES string of the molecule is Clc1ccc(C2(CNCc3ccco3)CCOCC2)cc1. The standard InChI is InChI=1S/C17H20ClNO2/c18-15-5-3-14(4-6-15)17(7-10-20-11-8-17)13-19-12-16-2-1-9-21-16/h1-6,9,19H,7-8,10-13H2. The number of furan rings is 1. The molecule has 1 aromatic heterocycles. The van der Waals surface area contributed by atoms with Crippen molar-refractivity contribution in [3.63, 3.8) is 0 Å². The monoisotopic (exact) mass is 305 g/mol. The van der Waals surface area contributed by atoms with Gasteiger partial charge in [0.2, 0.25) is 0 Å². The van der Waals surface area contributed by atoms with E-state index in [1.54, 1.807) is 6.26 Å². The Labute approximate surface area is 130 Å². The lowest BCUT2D eigenvalue weighted by Crippen LogP contribution is -2.42. The van der Waals surface area contributed by atoms with Gasteiger partial charge in [-0.15, -0.1) is 0 Å². The summed E-state index contributed by atoms with van der Waals surface area (Å²) in [6.07, 6.45) is 3.76. The number of ether oxygens (including phenoxy) is 1. The van der Waals surface area contributed by atoms with Crippen molar-refractivity contribution in [2.75, 3.05) is 19.8 Å². The van der Waals surface area contributed by atoms with Gasteiger partial charge in [-0.2, -0.15) is 0 Å². The van der Waals surface area contributed by atoms with Crippen molar-refractivity contribution in [2.24, 2.45) is 0 Å². The van der Waals surface area contributed by atoms with Crippen molar-refractivity contribution in [2.45, 2.75) is 24.8 Å². The molecule has 1 aromatic carbocycles. The van der Waals surface area contributed by atoms with Crippen LogP contribution in [-0.4, -0.2) is 19.8 Å². The summed E-state index contributed by atoms with van der Waals surface area (Å²) in [7, 11) is 0. The molecule has 112 valence electrons. The van der Waals surface area contributed by atoms with Crippen molar-refractivity contribution in [1.29, 1.82) is 0 Å². The van der Waals surface area contributed by atoms with Crippen LogP contribution in [0.5, 0.6) is 0 Å². The van der Waals surface area contributed by atoms with E-state index in [2.05, 4.69) is 17.4 Å². The van der Waals surface area contributed by atoms with Gasteiger partial charge in [0.1, 0.15) is 5.76 Å². The molecular weight excluding hydrogens is 286 g/mol. The summed E-state index contributed by atoms with van der Waals surface area (Å²) in [4.78, 5) is 0.